The van der Waals surface area contributed by atoms with Crippen LogP contribution in [-0.4, -0.2) is 21.9 Å². The maximum atomic E-state index is 11.7. The SMILES string of the molecule is Nc1ccn(OC(=O)C(F)(F)F)c(=O)n1. The summed E-state index contributed by atoms with van der Waals surface area (Å²) in [5.41, 5.74) is 3.84. The van der Waals surface area contributed by atoms with Crippen LogP contribution in [0.2, 0.25) is 0 Å². The predicted molar refractivity (Wildman–Crippen MR) is 40.6 cm³/mol. The van der Waals surface area contributed by atoms with Gasteiger partial charge in [-0.05, 0) is 0 Å². The van der Waals surface area contributed by atoms with Crippen molar-refractivity contribution in [2.75, 3.05) is 5.73 Å². The number of nitrogens with two attached hydrogens (primary N) is 1. The van der Waals surface area contributed by atoms with Gasteiger partial charge in [-0.15, -0.1) is 4.73 Å². The van der Waals surface area contributed by atoms with Gasteiger partial charge in [0.05, 0.1) is 6.20 Å². The zero-order valence-corrected chi connectivity index (χ0v) is 6.99. The molecule has 1 rings (SSSR count). The van der Waals surface area contributed by atoms with Crippen LogP contribution >= 0.6 is 0 Å². The summed E-state index contributed by atoms with van der Waals surface area (Å²) in [4.78, 5) is 27.9. The molecule has 1 aromatic rings. The number of anilines is 1. The van der Waals surface area contributed by atoms with Crippen LogP contribution in [-0.2, 0) is 4.79 Å². The summed E-state index contributed by atoms with van der Waals surface area (Å²) < 4.78 is 35.2. The molecule has 0 saturated carbocycles. The molecule has 0 unspecified atom stereocenters. The Balaban J connectivity index is 2.92. The molecule has 0 spiro atoms. The molecule has 82 valence electrons. The van der Waals surface area contributed by atoms with Gasteiger partial charge in [0, 0.05) is 6.07 Å². The molecular weight excluding hydrogens is 219 g/mol. The Morgan fingerprint density at radius 1 is 1.53 bits per heavy atom. The lowest BCUT2D eigenvalue weighted by atomic mass is 10.6. The van der Waals surface area contributed by atoms with Crippen molar-refractivity contribution in [2.45, 2.75) is 6.18 Å². The van der Waals surface area contributed by atoms with Gasteiger partial charge < -0.3 is 10.6 Å². The molecule has 0 aliphatic heterocycles. The molecule has 1 aromatic heterocycles. The first kappa shape index (κ1) is 11.0. The largest absolute Gasteiger partial charge is 0.493 e. The van der Waals surface area contributed by atoms with Crippen LogP contribution in [0.5, 0.6) is 0 Å². The second kappa shape index (κ2) is 3.59. The zero-order chi connectivity index (χ0) is 11.6. The Hall–Kier alpha value is -2.06. The maximum Gasteiger partial charge on any atom is 0.493 e. The lowest BCUT2D eigenvalue weighted by molar-refractivity contribution is -0.200. The minimum Gasteiger partial charge on any atom is -0.383 e. The van der Waals surface area contributed by atoms with E-state index in [2.05, 4.69) is 9.82 Å². The van der Waals surface area contributed by atoms with E-state index < -0.39 is 17.8 Å². The highest BCUT2D eigenvalue weighted by Crippen LogP contribution is 2.14. The number of nitrogens with zero attached hydrogens (tertiary/aromatic N) is 2. The average molecular weight is 223 g/mol. The van der Waals surface area contributed by atoms with Crippen molar-refractivity contribution in [2.24, 2.45) is 0 Å². The van der Waals surface area contributed by atoms with Crippen molar-refractivity contribution in [1.82, 2.24) is 9.71 Å². The third-order valence-corrected chi connectivity index (χ3v) is 1.21. The van der Waals surface area contributed by atoms with Gasteiger partial charge in [0.25, 0.3) is 0 Å². The van der Waals surface area contributed by atoms with E-state index in [-0.39, 0.29) is 10.5 Å². The number of hydrogen-bond acceptors (Lipinski definition) is 5. The Bertz CT molecular complexity index is 439. The fraction of sp³-hybridized carbons (Fsp3) is 0.167. The van der Waals surface area contributed by atoms with Gasteiger partial charge >= 0.3 is 17.8 Å². The molecule has 2 N–H and O–H groups in total. The van der Waals surface area contributed by atoms with Crippen molar-refractivity contribution >= 4 is 11.8 Å². The average Bonchev–Trinajstić information content (AvgIpc) is 2.08. The van der Waals surface area contributed by atoms with E-state index in [9.17, 15) is 22.8 Å². The second-order valence-corrected chi connectivity index (χ2v) is 2.34. The number of halogens is 3. The van der Waals surface area contributed by atoms with Gasteiger partial charge in [-0.2, -0.15) is 18.2 Å². The molecule has 0 aromatic carbocycles. The van der Waals surface area contributed by atoms with Crippen molar-refractivity contribution in [3.05, 3.63) is 22.7 Å². The summed E-state index contributed by atoms with van der Waals surface area (Å²) in [5, 5.41) is 0. The van der Waals surface area contributed by atoms with Crippen molar-refractivity contribution in [1.29, 1.82) is 0 Å². The van der Waals surface area contributed by atoms with Crippen LogP contribution in [0.1, 0.15) is 0 Å². The predicted octanol–water partition coefficient (Wildman–Crippen LogP) is -0.657. The molecule has 0 aliphatic rings. The number of nitrogen functional groups attached to an aromatic ring is 1. The Labute approximate surface area is 80.0 Å². The van der Waals surface area contributed by atoms with E-state index in [4.69, 9.17) is 5.73 Å². The van der Waals surface area contributed by atoms with Gasteiger partial charge in [0.15, 0.2) is 0 Å². The summed E-state index contributed by atoms with van der Waals surface area (Å²) in [6.07, 6.45) is -4.42. The number of aromatic nitrogens is 2. The summed E-state index contributed by atoms with van der Waals surface area (Å²) in [7, 11) is 0. The van der Waals surface area contributed by atoms with Gasteiger partial charge in [-0.1, -0.05) is 0 Å². The van der Waals surface area contributed by atoms with Crippen molar-refractivity contribution in [3.8, 4) is 0 Å². The quantitative estimate of drug-likeness (QED) is 0.683. The van der Waals surface area contributed by atoms with Crippen LogP contribution in [0.25, 0.3) is 0 Å². The molecule has 0 atom stereocenters. The highest BCUT2D eigenvalue weighted by molar-refractivity contribution is 5.75. The molecule has 0 fully saturated rings. The topological polar surface area (TPSA) is 87.2 Å². The fourth-order valence-corrected chi connectivity index (χ4v) is 0.615. The monoisotopic (exact) mass is 223 g/mol. The van der Waals surface area contributed by atoms with Crippen molar-refractivity contribution in [3.63, 3.8) is 0 Å². The summed E-state index contributed by atoms with van der Waals surface area (Å²) in [6.45, 7) is 0. The van der Waals surface area contributed by atoms with Gasteiger partial charge in [0.1, 0.15) is 5.82 Å². The molecular formula is C6H4F3N3O3. The minimum atomic E-state index is -5.18. The first-order valence-corrected chi connectivity index (χ1v) is 3.45. The van der Waals surface area contributed by atoms with Crippen LogP contribution in [0.15, 0.2) is 17.1 Å². The number of carbonyl (C=O) groups excluding carboxylic acids is 1. The van der Waals surface area contributed by atoms with Gasteiger partial charge in [-0.25, -0.2) is 9.59 Å². The molecule has 15 heavy (non-hydrogen) atoms. The van der Waals surface area contributed by atoms with Crippen LogP contribution in [0.4, 0.5) is 19.0 Å². The minimum absolute atomic E-state index is 0.0339. The molecule has 0 radical (unpaired) electrons. The molecule has 9 heteroatoms. The third kappa shape index (κ3) is 2.69. The number of alkyl halides is 3. The Morgan fingerprint density at radius 2 is 2.13 bits per heavy atom. The zero-order valence-electron chi connectivity index (χ0n) is 6.99. The van der Waals surface area contributed by atoms with E-state index in [1.807, 2.05) is 0 Å². The van der Waals surface area contributed by atoms with E-state index in [0.717, 1.165) is 12.3 Å². The van der Waals surface area contributed by atoms with E-state index in [0.29, 0.717) is 0 Å². The lowest BCUT2D eigenvalue weighted by Gasteiger charge is -2.06. The van der Waals surface area contributed by atoms with Crippen LogP contribution in [0, 0.1) is 0 Å². The summed E-state index contributed by atoms with van der Waals surface area (Å²) >= 11 is 0. The fourth-order valence-electron chi connectivity index (χ4n) is 0.615. The van der Waals surface area contributed by atoms with E-state index in [1.165, 1.54) is 0 Å². The first-order chi connectivity index (χ1) is 6.80. The Morgan fingerprint density at radius 3 is 2.60 bits per heavy atom. The van der Waals surface area contributed by atoms with Gasteiger partial charge in [-0.3, -0.25) is 0 Å². The number of hydrogen-bond donors (Lipinski definition) is 1. The van der Waals surface area contributed by atoms with Gasteiger partial charge in [0.2, 0.25) is 0 Å². The first-order valence-electron chi connectivity index (χ1n) is 3.45. The van der Waals surface area contributed by atoms with Crippen LogP contribution < -0.4 is 16.3 Å². The molecule has 1 heterocycles. The summed E-state index contributed by atoms with van der Waals surface area (Å²) in [6, 6.07) is 1.01. The molecule has 0 aliphatic carbocycles. The summed E-state index contributed by atoms with van der Waals surface area (Å²) in [5.74, 6) is -2.71. The molecule has 0 saturated heterocycles. The highest BCUT2D eigenvalue weighted by atomic mass is 19.4. The molecule has 0 amide bonds. The molecule has 6 nitrogen and oxygen atoms in total. The van der Waals surface area contributed by atoms with Crippen molar-refractivity contribution < 1.29 is 22.8 Å². The Kier molecular flexibility index (Phi) is 2.64. The normalized spacial score (nSPS) is 11.1. The highest BCUT2D eigenvalue weighted by Gasteiger charge is 2.42. The third-order valence-electron chi connectivity index (χ3n) is 1.21. The standard InChI is InChI=1S/C6H4F3N3O3/c7-6(8,9)4(13)15-12-2-1-3(10)11-5(12)14/h1-2H,(H2,10,11,14). The number of carbonyl (C=O) groups is 1. The smallest absolute Gasteiger partial charge is 0.383 e. The molecule has 0 bridgehead atoms. The lowest BCUT2D eigenvalue weighted by Crippen LogP contribution is -2.39. The van der Waals surface area contributed by atoms with E-state index in [1.54, 1.807) is 0 Å². The second-order valence-electron chi connectivity index (χ2n) is 2.34. The van der Waals surface area contributed by atoms with Crippen LogP contribution in [0.3, 0.4) is 0 Å². The van der Waals surface area contributed by atoms with E-state index >= 15 is 0 Å². The maximum absolute atomic E-state index is 11.7. The number of rotatable bonds is 1.